The summed E-state index contributed by atoms with van der Waals surface area (Å²) in [5.41, 5.74) is -1.71. The molecule has 0 bridgehead atoms. The maximum absolute atomic E-state index is 13.2. The predicted molar refractivity (Wildman–Crippen MR) is 83.3 cm³/mol. The summed E-state index contributed by atoms with van der Waals surface area (Å²) >= 11 is 17.9. The summed E-state index contributed by atoms with van der Waals surface area (Å²) in [4.78, 5) is 14.2. The van der Waals surface area contributed by atoms with Crippen LogP contribution in [0.4, 0.5) is 8.78 Å². The summed E-state index contributed by atoms with van der Waals surface area (Å²) in [7, 11) is 0. The normalized spacial score (nSPS) is 11.7. The molecule has 118 valence electrons. The molecule has 22 heavy (non-hydrogen) atoms. The lowest BCUT2D eigenvalue weighted by molar-refractivity contribution is 0.0892. The third-order valence-corrected chi connectivity index (χ3v) is 4.98. The standard InChI is InChI=1S/C13H8Cl3F2NO2S/c14-7-2-1-3-8(15)11(7)22-9-4-10(13(16,17)18)19-12(21)6(9)5-20/h1-4,20H,5H2,(H,19,21). The summed E-state index contributed by atoms with van der Waals surface area (Å²) in [6.45, 7) is -0.631. The van der Waals surface area contributed by atoms with E-state index in [0.717, 1.165) is 17.8 Å². The topological polar surface area (TPSA) is 53.1 Å². The van der Waals surface area contributed by atoms with Crippen molar-refractivity contribution in [3.63, 3.8) is 0 Å². The van der Waals surface area contributed by atoms with Gasteiger partial charge in [-0.15, -0.1) is 0 Å². The quantitative estimate of drug-likeness (QED) is 0.754. The average molecular weight is 387 g/mol. The molecular weight excluding hydrogens is 379 g/mol. The summed E-state index contributed by atoms with van der Waals surface area (Å²) in [6, 6.07) is 5.75. The number of nitrogens with one attached hydrogen (secondary N) is 1. The zero-order chi connectivity index (χ0) is 16.5. The van der Waals surface area contributed by atoms with Crippen molar-refractivity contribution >= 4 is 46.6 Å². The van der Waals surface area contributed by atoms with Crippen LogP contribution in [0.5, 0.6) is 0 Å². The number of aliphatic hydroxyl groups excluding tert-OH is 1. The fourth-order valence-electron chi connectivity index (χ4n) is 1.65. The monoisotopic (exact) mass is 385 g/mol. The van der Waals surface area contributed by atoms with Crippen LogP contribution < -0.4 is 5.56 Å². The number of hydrogen-bond donors (Lipinski definition) is 2. The Labute approximate surface area is 143 Å². The van der Waals surface area contributed by atoms with E-state index >= 15 is 0 Å². The Morgan fingerprint density at radius 3 is 2.36 bits per heavy atom. The van der Waals surface area contributed by atoms with Crippen LogP contribution in [0.3, 0.4) is 0 Å². The van der Waals surface area contributed by atoms with Crippen molar-refractivity contribution in [3.05, 3.63) is 55.9 Å². The maximum Gasteiger partial charge on any atom is 0.362 e. The first-order valence-electron chi connectivity index (χ1n) is 5.80. The lowest BCUT2D eigenvalue weighted by Gasteiger charge is -2.13. The molecule has 2 rings (SSSR count). The van der Waals surface area contributed by atoms with Gasteiger partial charge in [0.1, 0.15) is 5.69 Å². The Balaban J connectivity index is 2.59. The average Bonchev–Trinajstić information content (AvgIpc) is 2.41. The number of aromatic amines is 1. The zero-order valence-corrected chi connectivity index (χ0v) is 13.8. The number of alkyl halides is 3. The predicted octanol–water partition coefficient (Wildman–Crippen LogP) is 4.61. The van der Waals surface area contributed by atoms with E-state index in [2.05, 4.69) is 0 Å². The number of H-pyrrole nitrogens is 1. The highest BCUT2D eigenvalue weighted by atomic mass is 35.5. The molecule has 0 aliphatic heterocycles. The van der Waals surface area contributed by atoms with E-state index in [9.17, 15) is 18.7 Å². The molecule has 0 spiro atoms. The van der Waals surface area contributed by atoms with E-state index in [1.54, 1.807) is 18.2 Å². The van der Waals surface area contributed by atoms with Gasteiger partial charge in [-0.25, -0.2) is 0 Å². The Hall–Kier alpha value is -0.790. The lowest BCUT2D eigenvalue weighted by atomic mass is 10.2. The lowest BCUT2D eigenvalue weighted by Crippen LogP contribution is -2.20. The highest BCUT2D eigenvalue weighted by Gasteiger charge is 2.30. The van der Waals surface area contributed by atoms with Crippen LogP contribution in [-0.2, 0) is 12.0 Å². The summed E-state index contributed by atoms with van der Waals surface area (Å²) < 4.78 is 26.4. The first-order valence-corrected chi connectivity index (χ1v) is 7.75. The minimum atomic E-state index is -3.74. The summed E-state index contributed by atoms with van der Waals surface area (Å²) in [6.07, 6.45) is 0. The van der Waals surface area contributed by atoms with E-state index < -0.39 is 23.2 Å². The van der Waals surface area contributed by atoms with Crippen molar-refractivity contribution in [2.45, 2.75) is 21.8 Å². The van der Waals surface area contributed by atoms with Crippen molar-refractivity contribution in [2.24, 2.45) is 0 Å². The molecule has 1 heterocycles. The van der Waals surface area contributed by atoms with Crippen LogP contribution in [0.1, 0.15) is 11.3 Å². The smallest absolute Gasteiger partial charge is 0.362 e. The molecule has 0 saturated carbocycles. The minimum absolute atomic E-state index is 0.0781. The largest absolute Gasteiger partial charge is 0.391 e. The molecular formula is C13H8Cl3F2NO2S. The fraction of sp³-hybridized carbons (Fsp3) is 0.154. The molecule has 3 nitrogen and oxygen atoms in total. The molecule has 1 aromatic heterocycles. The zero-order valence-electron chi connectivity index (χ0n) is 10.7. The van der Waals surface area contributed by atoms with Crippen LogP contribution in [0.15, 0.2) is 38.9 Å². The Kier molecular flexibility index (Phi) is 5.40. The molecule has 0 aliphatic carbocycles. The van der Waals surface area contributed by atoms with E-state index in [0.29, 0.717) is 14.9 Å². The minimum Gasteiger partial charge on any atom is -0.391 e. The van der Waals surface area contributed by atoms with Gasteiger partial charge in [0.25, 0.3) is 5.56 Å². The van der Waals surface area contributed by atoms with Crippen molar-refractivity contribution in [1.29, 1.82) is 0 Å². The first-order chi connectivity index (χ1) is 10.2. The number of aliphatic hydroxyl groups is 1. The molecule has 0 radical (unpaired) electrons. The third kappa shape index (κ3) is 3.75. The molecule has 9 heteroatoms. The second-order valence-electron chi connectivity index (χ2n) is 4.16. The van der Waals surface area contributed by atoms with Gasteiger partial charge in [0, 0.05) is 9.79 Å². The Bertz CT molecular complexity index is 742. The molecule has 2 aromatic rings. The number of pyridine rings is 1. The molecule has 0 atom stereocenters. The molecule has 0 saturated heterocycles. The summed E-state index contributed by atoms with van der Waals surface area (Å²) in [5.74, 6) is 0. The first kappa shape index (κ1) is 17.6. The molecule has 0 aliphatic rings. The van der Waals surface area contributed by atoms with Gasteiger partial charge in [-0.2, -0.15) is 8.78 Å². The van der Waals surface area contributed by atoms with Gasteiger partial charge < -0.3 is 10.1 Å². The van der Waals surface area contributed by atoms with Crippen molar-refractivity contribution in [1.82, 2.24) is 4.98 Å². The summed E-state index contributed by atoms with van der Waals surface area (Å²) in [5, 5.41) is 6.13. The molecule has 0 fully saturated rings. The van der Waals surface area contributed by atoms with Gasteiger partial charge >= 0.3 is 5.38 Å². The van der Waals surface area contributed by atoms with E-state index in [4.69, 9.17) is 34.8 Å². The van der Waals surface area contributed by atoms with Crippen LogP contribution >= 0.6 is 46.6 Å². The van der Waals surface area contributed by atoms with Crippen molar-refractivity contribution in [2.75, 3.05) is 0 Å². The van der Waals surface area contributed by atoms with Crippen LogP contribution in [0, 0.1) is 0 Å². The molecule has 0 amide bonds. The van der Waals surface area contributed by atoms with E-state index in [1.807, 2.05) is 4.98 Å². The highest BCUT2D eigenvalue weighted by molar-refractivity contribution is 7.99. The van der Waals surface area contributed by atoms with Gasteiger partial charge in [0.2, 0.25) is 0 Å². The SMILES string of the molecule is O=c1[nH]c(C(F)(F)Cl)cc(Sc2c(Cl)cccc2Cl)c1CO. The Morgan fingerprint density at radius 2 is 1.86 bits per heavy atom. The highest BCUT2D eigenvalue weighted by Crippen LogP contribution is 2.41. The van der Waals surface area contributed by atoms with Crippen LogP contribution in [-0.4, -0.2) is 10.1 Å². The van der Waals surface area contributed by atoms with Gasteiger partial charge in [0.15, 0.2) is 0 Å². The third-order valence-electron chi connectivity index (χ3n) is 2.69. The maximum atomic E-state index is 13.2. The van der Waals surface area contributed by atoms with Crippen LogP contribution in [0.25, 0.3) is 0 Å². The van der Waals surface area contributed by atoms with Gasteiger partial charge in [0.05, 0.1) is 22.2 Å². The van der Waals surface area contributed by atoms with Gasteiger partial charge in [-0.1, -0.05) is 41.0 Å². The second-order valence-corrected chi connectivity index (χ2v) is 6.50. The van der Waals surface area contributed by atoms with E-state index in [-0.39, 0.29) is 10.5 Å². The number of hydrogen-bond acceptors (Lipinski definition) is 3. The van der Waals surface area contributed by atoms with Crippen molar-refractivity contribution < 1.29 is 13.9 Å². The number of halogens is 5. The molecule has 1 aromatic carbocycles. The van der Waals surface area contributed by atoms with E-state index in [1.165, 1.54) is 0 Å². The number of aromatic nitrogens is 1. The second kappa shape index (κ2) is 6.76. The Morgan fingerprint density at radius 1 is 1.27 bits per heavy atom. The van der Waals surface area contributed by atoms with Gasteiger partial charge in [-0.05, 0) is 29.8 Å². The molecule has 0 unspecified atom stereocenters. The number of rotatable bonds is 4. The fourth-order valence-corrected chi connectivity index (χ4v) is 3.39. The number of benzene rings is 1. The van der Waals surface area contributed by atoms with Crippen molar-refractivity contribution in [3.8, 4) is 0 Å². The van der Waals surface area contributed by atoms with Crippen LogP contribution in [0.2, 0.25) is 10.0 Å². The van der Waals surface area contributed by atoms with Gasteiger partial charge in [-0.3, -0.25) is 4.79 Å². The molecule has 2 N–H and O–H groups in total.